The van der Waals surface area contributed by atoms with Crippen molar-refractivity contribution >= 4 is 23.3 Å². The van der Waals surface area contributed by atoms with Crippen LogP contribution in [0.1, 0.15) is 12.0 Å². The summed E-state index contributed by atoms with van der Waals surface area (Å²) in [5, 5.41) is 8.54. The molecule has 1 heterocycles. The molecule has 0 saturated heterocycles. The maximum atomic E-state index is 10.1. The second-order valence-corrected chi connectivity index (χ2v) is 2.83. The van der Waals surface area contributed by atoms with Gasteiger partial charge in [0.1, 0.15) is 6.42 Å². The molecule has 0 spiro atoms. The van der Waals surface area contributed by atoms with Gasteiger partial charge < -0.3 is 10.8 Å². The zero-order chi connectivity index (χ0) is 10.6. The third-order valence-electron chi connectivity index (χ3n) is 1.34. The smallest absolute Gasteiger partial charge is 0.315 e. The molecule has 5 heteroatoms. The van der Waals surface area contributed by atoms with Crippen LogP contribution in [0.15, 0.2) is 12.3 Å². The molecule has 0 aromatic carbocycles. The lowest BCUT2D eigenvalue weighted by Crippen LogP contribution is -1.92. The quantitative estimate of drug-likeness (QED) is 0.539. The number of halogens is 1. The van der Waals surface area contributed by atoms with Crippen LogP contribution in [0.25, 0.3) is 0 Å². The van der Waals surface area contributed by atoms with Crippen molar-refractivity contribution in [1.29, 1.82) is 0 Å². The van der Waals surface area contributed by atoms with Crippen molar-refractivity contribution < 1.29 is 9.90 Å². The van der Waals surface area contributed by atoms with Crippen LogP contribution in [0.4, 0.5) is 5.69 Å². The lowest BCUT2D eigenvalue weighted by molar-refractivity contribution is -0.135. The van der Waals surface area contributed by atoms with Gasteiger partial charge in [0, 0.05) is 11.8 Å². The molecule has 0 fully saturated rings. The Morgan fingerprint density at radius 3 is 3.00 bits per heavy atom. The number of aromatic nitrogens is 1. The zero-order valence-electron chi connectivity index (χ0n) is 7.12. The minimum atomic E-state index is -0.965. The molecule has 0 aliphatic rings. The van der Waals surface area contributed by atoms with Gasteiger partial charge in [0.2, 0.25) is 0 Å². The van der Waals surface area contributed by atoms with E-state index in [1.165, 1.54) is 6.20 Å². The molecule has 1 aromatic rings. The van der Waals surface area contributed by atoms with Crippen LogP contribution in [-0.2, 0) is 4.79 Å². The van der Waals surface area contributed by atoms with Crippen LogP contribution in [0, 0.1) is 11.8 Å². The van der Waals surface area contributed by atoms with Gasteiger partial charge in [-0.15, -0.1) is 0 Å². The highest BCUT2D eigenvalue weighted by atomic mass is 35.5. The molecule has 0 atom stereocenters. The molecule has 0 aliphatic heterocycles. The van der Waals surface area contributed by atoms with Crippen LogP contribution < -0.4 is 5.73 Å². The lowest BCUT2D eigenvalue weighted by atomic mass is 10.2. The number of anilines is 1. The van der Waals surface area contributed by atoms with Crippen molar-refractivity contribution in [2.24, 2.45) is 0 Å². The Balaban J connectivity index is 2.81. The van der Waals surface area contributed by atoms with Gasteiger partial charge in [0.15, 0.2) is 5.15 Å². The number of hydrogen-bond acceptors (Lipinski definition) is 3. The number of aliphatic carboxylic acids is 1. The predicted octanol–water partition coefficient (Wildman–Crippen LogP) is 1.14. The number of nitrogens with zero attached hydrogens (tertiary/aromatic N) is 1. The molecule has 0 bridgehead atoms. The Morgan fingerprint density at radius 1 is 1.71 bits per heavy atom. The number of pyridine rings is 1. The Bertz CT molecular complexity index is 421. The molecular weight excluding hydrogens is 204 g/mol. The summed E-state index contributed by atoms with van der Waals surface area (Å²) in [5.74, 6) is 4.11. The number of nitrogen functional groups attached to an aromatic ring is 1. The second kappa shape index (κ2) is 4.49. The van der Waals surface area contributed by atoms with Gasteiger partial charge in [-0.3, -0.25) is 4.79 Å². The van der Waals surface area contributed by atoms with E-state index in [4.69, 9.17) is 22.4 Å². The Morgan fingerprint density at radius 2 is 2.43 bits per heavy atom. The van der Waals surface area contributed by atoms with E-state index < -0.39 is 5.97 Å². The molecule has 4 nitrogen and oxygen atoms in total. The van der Waals surface area contributed by atoms with E-state index in [9.17, 15) is 4.79 Å². The first-order valence-electron chi connectivity index (χ1n) is 3.71. The molecule has 1 rings (SSSR count). The van der Waals surface area contributed by atoms with Crippen molar-refractivity contribution in [3.8, 4) is 11.8 Å². The Hall–Kier alpha value is -1.73. The lowest BCUT2D eigenvalue weighted by Gasteiger charge is -1.95. The first-order chi connectivity index (χ1) is 6.59. The van der Waals surface area contributed by atoms with E-state index in [1.54, 1.807) is 6.07 Å². The van der Waals surface area contributed by atoms with E-state index in [0.717, 1.165) is 0 Å². The number of carboxylic acids is 1. The van der Waals surface area contributed by atoms with Crippen molar-refractivity contribution in [3.05, 3.63) is 23.0 Å². The van der Waals surface area contributed by atoms with Gasteiger partial charge in [0.05, 0.1) is 5.69 Å². The van der Waals surface area contributed by atoms with Crippen molar-refractivity contribution in [3.63, 3.8) is 0 Å². The van der Waals surface area contributed by atoms with Gasteiger partial charge in [-0.05, 0) is 6.07 Å². The van der Waals surface area contributed by atoms with Gasteiger partial charge in [0.25, 0.3) is 0 Å². The Kier molecular flexibility index (Phi) is 3.32. The molecule has 0 radical (unpaired) electrons. The van der Waals surface area contributed by atoms with Gasteiger partial charge in [-0.2, -0.15) is 0 Å². The zero-order valence-corrected chi connectivity index (χ0v) is 7.88. The molecule has 14 heavy (non-hydrogen) atoms. The molecule has 0 aliphatic carbocycles. The monoisotopic (exact) mass is 210 g/mol. The number of rotatable bonds is 1. The largest absolute Gasteiger partial charge is 0.481 e. The van der Waals surface area contributed by atoms with E-state index in [2.05, 4.69) is 16.8 Å². The maximum absolute atomic E-state index is 10.1. The summed E-state index contributed by atoms with van der Waals surface area (Å²) in [6, 6.07) is 1.55. The number of hydrogen-bond donors (Lipinski definition) is 2. The van der Waals surface area contributed by atoms with Gasteiger partial charge in [-0.1, -0.05) is 23.4 Å². The van der Waals surface area contributed by atoms with E-state index in [-0.39, 0.29) is 11.6 Å². The molecule has 0 saturated carbocycles. The minimum absolute atomic E-state index is 0.206. The summed E-state index contributed by atoms with van der Waals surface area (Å²) >= 11 is 5.59. The minimum Gasteiger partial charge on any atom is -0.481 e. The maximum Gasteiger partial charge on any atom is 0.315 e. The van der Waals surface area contributed by atoms with E-state index >= 15 is 0 Å². The SMILES string of the molecule is Nc1cc(C#CCC(=O)O)cnc1Cl. The van der Waals surface area contributed by atoms with Crippen molar-refractivity contribution in [2.75, 3.05) is 5.73 Å². The van der Waals surface area contributed by atoms with Crippen LogP contribution in [0.3, 0.4) is 0 Å². The Labute approximate surface area is 85.7 Å². The highest BCUT2D eigenvalue weighted by Gasteiger charge is 1.96. The molecule has 72 valence electrons. The average Bonchev–Trinajstić information content (AvgIpc) is 2.10. The number of nitrogens with two attached hydrogens (primary N) is 1. The van der Waals surface area contributed by atoms with E-state index in [1.807, 2.05) is 0 Å². The van der Waals surface area contributed by atoms with Crippen LogP contribution in [0.5, 0.6) is 0 Å². The first-order valence-corrected chi connectivity index (χ1v) is 4.09. The van der Waals surface area contributed by atoms with Crippen molar-refractivity contribution in [1.82, 2.24) is 4.98 Å². The predicted molar refractivity (Wildman–Crippen MR) is 52.8 cm³/mol. The molecule has 0 amide bonds. The summed E-state index contributed by atoms with van der Waals surface area (Å²) in [6.45, 7) is 0. The normalized spacial score (nSPS) is 8.93. The molecule has 1 aromatic heterocycles. The average molecular weight is 211 g/mol. The fraction of sp³-hybridized carbons (Fsp3) is 0.111. The molecule has 0 unspecified atom stereocenters. The summed E-state index contributed by atoms with van der Waals surface area (Å²) in [6.07, 6.45) is 1.23. The topological polar surface area (TPSA) is 76.2 Å². The number of carboxylic acid groups (broad SMARTS) is 1. The number of carbonyl (C=O) groups is 1. The van der Waals surface area contributed by atoms with E-state index in [0.29, 0.717) is 11.3 Å². The highest BCUT2D eigenvalue weighted by Crippen LogP contribution is 2.15. The fourth-order valence-corrected chi connectivity index (χ4v) is 0.859. The molecule has 3 N–H and O–H groups in total. The first kappa shape index (κ1) is 10.4. The van der Waals surface area contributed by atoms with Crippen LogP contribution >= 0.6 is 11.6 Å². The fourth-order valence-electron chi connectivity index (χ4n) is 0.755. The summed E-state index contributed by atoms with van der Waals surface area (Å²) in [7, 11) is 0. The van der Waals surface area contributed by atoms with Crippen molar-refractivity contribution in [2.45, 2.75) is 6.42 Å². The highest BCUT2D eigenvalue weighted by molar-refractivity contribution is 6.31. The summed E-state index contributed by atoms with van der Waals surface area (Å²) < 4.78 is 0. The third-order valence-corrected chi connectivity index (χ3v) is 1.65. The third kappa shape index (κ3) is 2.96. The van der Waals surface area contributed by atoms with Gasteiger partial charge in [-0.25, -0.2) is 4.98 Å². The van der Waals surface area contributed by atoms with Crippen LogP contribution in [0.2, 0.25) is 5.15 Å². The van der Waals surface area contributed by atoms with Crippen LogP contribution in [-0.4, -0.2) is 16.1 Å². The summed E-state index contributed by atoms with van der Waals surface area (Å²) in [5.41, 5.74) is 6.35. The molecular formula is C9H7ClN2O2. The van der Waals surface area contributed by atoms with Gasteiger partial charge >= 0.3 is 5.97 Å². The summed E-state index contributed by atoms with van der Waals surface area (Å²) in [4.78, 5) is 13.9. The standard InChI is InChI=1S/C9H7ClN2O2/c10-9-7(11)4-6(5-12-9)2-1-3-8(13)14/h4-5H,3,11H2,(H,13,14). The second-order valence-electron chi connectivity index (χ2n) is 2.48.